The van der Waals surface area contributed by atoms with Crippen molar-refractivity contribution in [3.63, 3.8) is 0 Å². The molecule has 0 radical (unpaired) electrons. The molecule has 0 bridgehead atoms. The number of rotatable bonds is 2. The number of hydrogen-bond acceptors (Lipinski definition) is 2. The first-order chi connectivity index (χ1) is 6.45. The molecule has 2 nitrogen and oxygen atoms in total. The Bertz CT molecular complexity index is 119. The molecule has 2 aliphatic rings. The Balaban J connectivity index is 1.69. The zero-order chi connectivity index (χ0) is 8.93. The highest BCUT2D eigenvalue weighted by Crippen LogP contribution is 2.15. The molecular weight excluding hydrogens is 160 g/mol. The minimum atomic E-state index is 1.29. The van der Waals surface area contributed by atoms with Gasteiger partial charge >= 0.3 is 0 Å². The van der Waals surface area contributed by atoms with E-state index in [-0.39, 0.29) is 0 Å². The maximum atomic E-state index is 2.51. The van der Waals surface area contributed by atoms with Crippen LogP contribution in [-0.4, -0.2) is 36.0 Å². The largest absolute Gasteiger partial charge is 0.443 e. The van der Waals surface area contributed by atoms with E-state index in [9.17, 15) is 0 Å². The van der Waals surface area contributed by atoms with Gasteiger partial charge in [-0.05, 0) is 51.9 Å². The second kappa shape index (κ2) is 4.97. The molecule has 2 rings (SSSR count). The molecule has 2 saturated heterocycles. The minimum Gasteiger partial charge on any atom is -0.443 e. The molecule has 2 heteroatoms. The zero-order valence-electron chi connectivity index (χ0n) is 8.54. The first-order valence-corrected chi connectivity index (χ1v) is 5.78. The van der Waals surface area contributed by atoms with Crippen LogP contribution in [0.4, 0.5) is 0 Å². The van der Waals surface area contributed by atoms with Gasteiger partial charge in [-0.3, -0.25) is 0 Å². The Morgan fingerprint density at radius 3 is 1.31 bits per heavy atom. The van der Waals surface area contributed by atoms with E-state index < -0.39 is 0 Å². The van der Waals surface area contributed by atoms with Gasteiger partial charge in [-0.2, -0.15) is 0 Å². The molecule has 0 aromatic carbocycles. The van der Waals surface area contributed by atoms with Gasteiger partial charge < -0.3 is 9.80 Å². The summed E-state index contributed by atoms with van der Waals surface area (Å²) in [5.41, 5.74) is 0. The molecule has 0 N–H and O–H groups in total. The summed E-state index contributed by atoms with van der Waals surface area (Å²) in [7, 11) is 0. The molecule has 2 heterocycles. The van der Waals surface area contributed by atoms with E-state index >= 15 is 0 Å². The molecule has 0 amide bonds. The Morgan fingerprint density at radius 1 is 0.538 bits per heavy atom. The third-order valence-corrected chi connectivity index (χ3v) is 3.11. The summed E-state index contributed by atoms with van der Waals surface area (Å²) in [6.45, 7) is 7.54. The average Bonchev–Trinajstić information content (AvgIpc) is 2.21. The first-order valence-electron chi connectivity index (χ1n) is 5.78. The monoisotopic (exact) mass is 181 g/mol. The van der Waals surface area contributed by atoms with Crippen molar-refractivity contribution in [2.24, 2.45) is 0 Å². The van der Waals surface area contributed by atoms with Gasteiger partial charge in [0.05, 0.1) is 0 Å². The molecular formula is C11H21N2-. The fourth-order valence-electron chi connectivity index (χ4n) is 2.30. The van der Waals surface area contributed by atoms with Crippen molar-refractivity contribution in [1.82, 2.24) is 9.80 Å². The van der Waals surface area contributed by atoms with Crippen molar-refractivity contribution in [1.29, 1.82) is 0 Å². The van der Waals surface area contributed by atoms with Crippen LogP contribution in [0.3, 0.4) is 0 Å². The number of likely N-dealkylation sites (tertiary alicyclic amines) is 2. The quantitative estimate of drug-likeness (QED) is 0.602. The van der Waals surface area contributed by atoms with Crippen LogP contribution < -0.4 is 0 Å². The summed E-state index contributed by atoms with van der Waals surface area (Å²) in [4.78, 5) is 5.02. The third kappa shape index (κ3) is 2.96. The Morgan fingerprint density at radius 2 is 0.923 bits per heavy atom. The van der Waals surface area contributed by atoms with Crippen molar-refractivity contribution < 1.29 is 0 Å². The van der Waals surface area contributed by atoms with Gasteiger partial charge in [0, 0.05) is 0 Å². The van der Waals surface area contributed by atoms with Crippen LogP contribution in [0, 0.1) is 6.67 Å². The Hall–Kier alpha value is -0.0800. The predicted octanol–water partition coefficient (Wildman–Crippen LogP) is 2.08. The van der Waals surface area contributed by atoms with E-state index in [0.29, 0.717) is 0 Å². The van der Waals surface area contributed by atoms with Crippen molar-refractivity contribution in [3.05, 3.63) is 6.67 Å². The SMILES string of the molecule is [CH-](N1CCCCC1)N1CCCCC1. The molecule has 0 aliphatic carbocycles. The molecule has 0 aromatic heterocycles. The summed E-state index contributed by atoms with van der Waals surface area (Å²) < 4.78 is 0. The number of hydrogen-bond donors (Lipinski definition) is 0. The summed E-state index contributed by atoms with van der Waals surface area (Å²) in [6.07, 6.45) is 8.44. The van der Waals surface area contributed by atoms with Gasteiger partial charge in [0.1, 0.15) is 0 Å². The second-order valence-electron chi connectivity index (χ2n) is 4.31. The van der Waals surface area contributed by atoms with Crippen LogP contribution in [0.5, 0.6) is 0 Å². The average molecular weight is 181 g/mol. The van der Waals surface area contributed by atoms with E-state index in [2.05, 4.69) is 16.5 Å². The predicted molar refractivity (Wildman–Crippen MR) is 55.1 cm³/mol. The molecule has 0 aromatic rings. The van der Waals surface area contributed by atoms with Crippen molar-refractivity contribution in [2.45, 2.75) is 38.5 Å². The molecule has 0 unspecified atom stereocenters. The maximum Gasteiger partial charge on any atom is -0.0292 e. The van der Waals surface area contributed by atoms with Gasteiger partial charge in [0.2, 0.25) is 0 Å². The molecule has 2 aliphatic heterocycles. The molecule has 0 saturated carbocycles. The second-order valence-corrected chi connectivity index (χ2v) is 4.31. The highest BCUT2D eigenvalue weighted by Gasteiger charge is 2.07. The molecule has 76 valence electrons. The van der Waals surface area contributed by atoms with Gasteiger partial charge in [-0.1, -0.05) is 12.8 Å². The fourth-order valence-corrected chi connectivity index (χ4v) is 2.30. The van der Waals surface area contributed by atoms with Gasteiger partial charge in [-0.25, -0.2) is 6.67 Å². The number of nitrogens with zero attached hydrogens (tertiary/aromatic N) is 2. The van der Waals surface area contributed by atoms with Gasteiger partial charge in [0.25, 0.3) is 0 Å². The Labute approximate surface area is 81.9 Å². The number of piperidine rings is 2. The van der Waals surface area contributed by atoms with E-state index in [1.165, 1.54) is 64.7 Å². The lowest BCUT2D eigenvalue weighted by atomic mass is 10.1. The smallest absolute Gasteiger partial charge is 0.0292 e. The zero-order valence-corrected chi connectivity index (χ0v) is 8.54. The molecule has 0 spiro atoms. The highest BCUT2D eigenvalue weighted by atomic mass is 15.3. The lowest BCUT2D eigenvalue weighted by Crippen LogP contribution is -2.38. The van der Waals surface area contributed by atoms with Crippen LogP contribution in [0.1, 0.15) is 38.5 Å². The van der Waals surface area contributed by atoms with Crippen LogP contribution >= 0.6 is 0 Å². The van der Waals surface area contributed by atoms with Crippen LogP contribution in [0.15, 0.2) is 0 Å². The van der Waals surface area contributed by atoms with Crippen molar-refractivity contribution in [3.8, 4) is 0 Å². The minimum absolute atomic E-state index is 1.29. The summed E-state index contributed by atoms with van der Waals surface area (Å²) in [5.74, 6) is 0. The van der Waals surface area contributed by atoms with Crippen molar-refractivity contribution >= 4 is 0 Å². The summed E-state index contributed by atoms with van der Waals surface area (Å²) >= 11 is 0. The molecule has 0 atom stereocenters. The van der Waals surface area contributed by atoms with Crippen LogP contribution in [0.2, 0.25) is 0 Å². The summed E-state index contributed by atoms with van der Waals surface area (Å²) in [5, 5.41) is 0. The highest BCUT2D eigenvalue weighted by molar-refractivity contribution is 4.76. The van der Waals surface area contributed by atoms with E-state index in [1.54, 1.807) is 0 Å². The first kappa shape index (κ1) is 9.47. The maximum absolute atomic E-state index is 2.51. The lowest BCUT2D eigenvalue weighted by Gasteiger charge is -2.45. The van der Waals surface area contributed by atoms with E-state index in [4.69, 9.17) is 0 Å². The van der Waals surface area contributed by atoms with E-state index in [1.807, 2.05) is 0 Å². The van der Waals surface area contributed by atoms with E-state index in [0.717, 1.165) is 0 Å². The van der Waals surface area contributed by atoms with Gasteiger partial charge in [0.15, 0.2) is 0 Å². The third-order valence-electron chi connectivity index (χ3n) is 3.11. The van der Waals surface area contributed by atoms with Gasteiger partial charge in [-0.15, -0.1) is 0 Å². The van der Waals surface area contributed by atoms with Crippen LogP contribution in [-0.2, 0) is 0 Å². The summed E-state index contributed by atoms with van der Waals surface area (Å²) in [6, 6.07) is 0. The lowest BCUT2D eigenvalue weighted by molar-refractivity contribution is 0.156. The fraction of sp³-hybridized carbons (Fsp3) is 0.909. The molecule has 2 fully saturated rings. The topological polar surface area (TPSA) is 6.48 Å². The molecule has 13 heavy (non-hydrogen) atoms. The standard InChI is InChI=1S/C11H21N2/c1-3-7-12(8-4-1)11-13-9-5-2-6-10-13/h11H,1-10H2/q-1. The van der Waals surface area contributed by atoms with Crippen molar-refractivity contribution in [2.75, 3.05) is 26.2 Å². The Kier molecular flexibility index (Phi) is 3.62. The van der Waals surface area contributed by atoms with Crippen LogP contribution in [0.25, 0.3) is 0 Å². The normalized spacial score (nSPS) is 27.7.